The minimum Gasteiger partial charge on any atom is -0.370 e. The second-order valence-electron chi connectivity index (χ2n) is 2.35. The van der Waals surface area contributed by atoms with Crippen LogP contribution in [-0.4, -0.2) is 10.9 Å². The van der Waals surface area contributed by atoms with Gasteiger partial charge in [0.05, 0.1) is 0 Å². The first-order chi connectivity index (χ1) is 5.74. The average Bonchev–Trinajstić information content (AvgIpc) is 2.51. The summed E-state index contributed by atoms with van der Waals surface area (Å²) in [4.78, 5) is 8.20. The Hall–Kier alpha value is -1.10. The molecule has 1 unspecified atom stereocenters. The Kier molecular flexibility index (Phi) is 3.04. The lowest BCUT2D eigenvalue weighted by atomic mass is 10.2. The number of thiazole rings is 1. The minimum atomic E-state index is 0.0231. The lowest BCUT2D eigenvalue weighted by Gasteiger charge is -2.05. The molecule has 66 valence electrons. The van der Waals surface area contributed by atoms with Gasteiger partial charge >= 0.3 is 0 Å². The molecule has 0 saturated carbocycles. The van der Waals surface area contributed by atoms with E-state index in [9.17, 15) is 0 Å². The van der Waals surface area contributed by atoms with Gasteiger partial charge in [-0.2, -0.15) is 0 Å². The third-order valence-corrected chi connectivity index (χ3v) is 2.30. The van der Waals surface area contributed by atoms with Crippen molar-refractivity contribution >= 4 is 17.3 Å². The number of aliphatic imine (C=N–C) groups is 1. The van der Waals surface area contributed by atoms with E-state index in [2.05, 4.69) is 9.98 Å². The molecule has 0 aliphatic heterocycles. The largest absolute Gasteiger partial charge is 0.370 e. The molecule has 1 heterocycles. The fraction of sp³-hybridized carbons (Fsp3) is 0.429. The van der Waals surface area contributed by atoms with Gasteiger partial charge in [0.15, 0.2) is 5.96 Å². The van der Waals surface area contributed by atoms with E-state index in [1.165, 1.54) is 0 Å². The lowest BCUT2D eigenvalue weighted by Crippen LogP contribution is -2.23. The minimum absolute atomic E-state index is 0.0231. The van der Waals surface area contributed by atoms with Crippen LogP contribution in [-0.2, 0) is 0 Å². The second-order valence-corrected chi connectivity index (χ2v) is 3.27. The molecule has 0 radical (unpaired) electrons. The normalized spacial score (nSPS) is 12.4. The molecule has 0 amide bonds. The molecule has 0 fully saturated rings. The Morgan fingerprint density at radius 3 is 2.92 bits per heavy atom. The quantitative estimate of drug-likeness (QED) is 0.540. The maximum atomic E-state index is 5.28. The van der Waals surface area contributed by atoms with Gasteiger partial charge in [0.2, 0.25) is 0 Å². The summed E-state index contributed by atoms with van der Waals surface area (Å²) < 4.78 is 0. The summed E-state index contributed by atoms with van der Waals surface area (Å²) in [5, 5.41) is 2.88. The summed E-state index contributed by atoms with van der Waals surface area (Å²) in [6.07, 6.45) is 2.62. The Morgan fingerprint density at radius 1 is 1.75 bits per heavy atom. The number of aromatic nitrogens is 1. The second kappa shape index (κ2) is 4.06. The summed E-state index contributed by atoms with van der Waals surface area (Å²) in [6.45, 7) is 2.03. The Labute approximate surface area is 75.3 Å². The summed E-state index contributed by atoms with van der Waals surface area (Å²) in [5.41, 5.74) is 10.6. The molecule has 1 atom stereocenters. The Bertz CT molecular complexity index is 250. The maximum Gasteiger partial charge on any atom is 0.186 e. The standard InChI is InChI=1S/C7H12N4S/c1-2-5(11-7(8)9)6-10-3-4-12-6/h3-5H,2H2,1H3,(H4,8,9,11). The maximum absolute atomic E-state index is 5.28. The smallest absolute Gasteiger partial charge is 0.186 e. The lowest BCUT2D eigenvalue weighted by molar-refractivity contribution is 0.693. The highest BCUT2D eigenvalue weighted by Crippen LogP contribution is 2.22. The zero-order valence-corrected chi connectivity index (χ0v) is 7.71. The summed E-state index contributed by atoms with van der Waals surface area (Å²) >= 11 is 1.57. The molecular weight excluding hydrogens is 172 g/mol. The van der Waals surface area contributed by atoms with Crippen molar-refractivity contribution < 1.29 is 0 Å². The monoisotopic (exact) mass is 184 g/mol. The molecule has 0 aromatic carbocycles. The predicted molar refractivity (Wildman–Crippen MR) is 51.0 cm³/mol. The third-order valence-electron chi connectivity index (χ3n) is 1.43. The fourth-order valence-electron chi connectivity index (χ4n) is 0.900. The van der Waals surface area contributed by atoms with Gasteiger partial charge in [-0.1, -0.05) is 6.92 Å². The van der Waals surface area contributed by atoms with Crippen molar-refractivity contribution in [1.82, 2.24) is 4.98 Å². The van der Waals surface area contributed by atoms with Crippen molar-refractivity contribution in [2.45, 2.75) is 19.4 Å². The van der Waals surface area contributed by atoms with Crippen LogP contribution in [0.3, 0.4) is 0 Å². The third kappa shape index (κ3) is 2.20. The molecule has 12 heavy (non-hydrogen) atoms. The molecule has 4 nitrogen and oxygen atoms in total. The van der Waals surface area contributed by atoms with E-state index in [0.29, 0.717) is 0 Å². The van der Waals surface area contributed by atoms with Crippen LogP contribution in [0.4, 0.5) is 0 Å². The van der Waals surface area contributed by atoms with Crippen LogP contribution in [0.15, 0.2) is 16.6 Å². The van der Waals surface area contributed by atoms with Gasteiger partial charge in [-0.15, -0.1) is 11.3 Å². The first-order valence-electron chi connectivity index (χ1n) is 3.72. The van der Waals surface area contributed by atoms with Crippen molar-refractivity contribution in [2.75, 3.05) is 0 Å². The number of nitrogens with zero attached hydrogens (tertiary/aromatic N) is 2. The predicted octanol–water partition coefficient (Wildman–Crippen LogP) is 0.868. The van der Waals surface area contributed by atoms with Gasteiger partial charge in [-0.05, 0) is 6.42 Å². The summed E-state index contributed by atoms with van der Waals surface area (Å²) in [7, 11) is 0. The van der Waals surface area contributed by atoms with Crippen molar-refractivity contribution in [1.29, 1.82) is 0 Å². The number of hydrogen-bond acceptors (Lipinski definition) is 3. The topological polar surface area (TPSA) is 77.3 Å². The first kappa shape index (κ1) is 8.99. The van der Waals surface area contributed by atoms with Crippen LogP contribution >= 0.6 is 11.3 Å². The van der Waals surface area contributed by atoms with E-state index >= 15 is 0 Å². The van der Waals surface area contributed by atoms with E-state index in [4.69, 9.17) is 11.5 Å². The number of guanidine groups is 1. The highest BCUT2D eigenvalue weighted by molar-refractivity contribution is 7.09. The Morgan fingerprint density at radius 2 is 2.50 bits per heavy atom. The summed E-state index contributed by atoms with van der Waals surface area (Å²) in [5.74, 6) is 0.122. The molecule has 1 aromatic rings. The zero-order chi connectivity index (χ0) is 8.97. The van der Waals surface area contributed by atoms with E-state index in [-0.39, 0.29) is 12.0 Å². The van der Waals surface area contributed by atoms with Gasteiger partial charge < -0.3 is 11.5 Å². The molecule has 1 rings (SSSR count). The van der Waals surface area contributed by atoms with Crippen LogP contribution < -0.4 is 11.5 Å². The van der Waals surface area contributed by atoms with E-state index in [0.717, 1.165) is 11.4 Å². The number of hydrogen-bond donors (Lipinski definition) is 2. The Balaban J connectivity index is 2.77. The van der Waals surface area contributed by atoms with Crippen molar-refractivity contribution in [3.8, 4) is 0 Å². The van der Waals surface area contributed by atoms with Crippen LogP contribution in [0.2, 0.25) is 0 Å². The molecule has 0 aliphatic rings. The summed E-state index contributed by atoms with van der Waals surface area (Å²) in [6, 6.07) is 0.0231. The molecule has 0 saturated heterocycles. The molecule has 4 N–H and O–H groups in total. The van der Waals surface area contributed by atoms with Gasteiger partial charge in [0, 0.05) is 11.6 Å². The van der Waals surface area contributed by atoms with Crippen molar-refractivity contribution in [3.05, 3.63) is 16.6 Å². The molecule has 0 bridgehead atoms. The van der Waals surface area contributed by atoms with E-state index in [1.807, 2.05) is 12.3 Å². The van der Waals surface area contributed by atoms with Crippen LogP contribution in [0, 0.1) is 0 Å². The van der Waals surface area contributed by atoms with Crippen LogP contribution in [0.1, 0.15) is 24.4 Å². The number of rotatable bonds is 3. The number of nitrogens with two attached hydrogens (primary N) is 2. The molecular formula is C7H12N4S. The highest BCUT2D eigenvalue weighted by atomic mass is 32.1. The van der Waals surface area contributed by atoms with Crippen molar-refractivity contribution in [2.24, 2.45) is 16.5 Å². The molecule has 5 heteroatoms. The molecule has 0 spiro atoms. The highest BCUT2D eigenvalue weighted by Gasteiger charge is 2.09. The molecule has 1 aromatic heterocycles. The first-order valence-corrected chi connectivity index (χ1v) is 4.60. The van der Waals surface area contributed by atoms with Gasteiger partial charge in [0.1, 0.15) is 11.0 Å². The van der Waals surface area contributed by atoms with Gasteiger partial charge in [0.25, 0.3) is 0 Å². The SMILES string of the molecule is CCC(N=C(N)N)c1nccs1. The molecule has 0 aliphatic carbocycles. The van der Waals surface area contributed by atoms with Crippen LogP contribution in [0.5, 0.6) is 0 Å². The van der Waals surface area contributed by atoms with Gasteiger partial charge in [-0.3, -0.25) is 0 Å². The van der Waals surface area contributed by atoms with Crippen molar-refractivity contribution in [3.63, 3.8) is 0 Å². The van der Waals surface area contributed by atoms with Gasteiger partial charge in [-0.25, -0.2) is 9.98 Å². The average molecular weight is 184 g/mol. The van der Waals surface area contributed by atoms with Crippen LogP contribution in [0.25, 0.3) is 0 Å². The van der Waals surface area contributed by atoms with E-state index in [1.54, 1.807) is 17.5 Å². The fourth-order valence-corrected chi connectivity index (χ4v) is 1.66. The zero-order valence-electron chi connectivity index (χ0n) is 6.90. The van der Waals surface area contributed by atoms with E-state index < -0.39 is 0 Å².